The molecule has 0 saturated carbocycles. The third-order valence-electron chi connectivity index (χ3n) is 5.44. The Bertz CT molecular complexity index is 345. The lowest BCUT2D eigenvalue weighted by Crippen LogP contribution is -2.49. The molecule has 0 atom stereocenters. The molecule has 0 aromatic heterocycles. The van der Waals surface area contributed by atoms with Gasteiger partial charge in [-0.05, 0) is 38.4 Å². The Morgan fingerprint density at radius 3 is 2.00 bits per heavy atom. The fraction of sp³-hybridized carbons (Fsp3) is 0.944. The predicted molar refractivity (Wildman–Crippen MR) is 95.6 cm³/mol. The quantitative estimate of drug-likeness (QED) is 0.761. The Kier molecular flexibility index (Phi) is 7.80. The van der Waals surface area contributed by atoms with Crippen LogP contribution >= 0.6 is 0 Å². The summed E-state index contributed by atoms with van der Waals surface area (Å²) in [6, 6.07) is 0. The SMILES string of the molecule is CCN1CCN(CCN2CCC(CNC(=O)C(C)C)CC2)CC1. The molecule has 0 aromatic carbocycles. The van der Waals surface area contributed by atoms with Gasteiger partial charge in [-0.15, -0.1) is 0 Å². The van der Waals surface area contributed by atoms with Crippen molar-refractivity contribution in [3.05, 3.63) is 0 Å². The first kappa shape index (κ1) is 18.7. The molecule has 2 fully saturated rings. The zero-order valence-electron chi connectivity index (χ0n) is 15.4. The number of carbonyl (C=O) groups is 1. The highest BCUT2D eigenvalue weighted by Gasteiger charge is 2.21. The number of likely N-dealkylation sites (N-methyl/N-ethyl adjacent to an activating group) is 1. The van der Waals surface area contributed by atoms with Crippen molar-refractivity contribution in [2.45, 2.75) is 33.6 Å². The molecule has 5 nitrogen and oxygen atoms in total. The first-order valence-corrected chi connectivity index (χ1v) is 9.53. The van der Waals surface area contributed by atoms with Gasteiger partial charge in [0.1, 0.15) is 0 Å². The monoisotopic (exact) mass is 324 g/mol. The normalized spacial score (nSPS) is 22.6. The number of hydrogen-bond acceptors (Lipinski definition) is 4. The molecule has 0 aromatic rings. The Labute approximate surface area is 142 Å². The molecule has 134 valence electrons. The van der Waals surface area contributed by atoms with Gasteiger partial charge in [-0.2, -0.15) is 0 Å². The molecule has 0 spiro atoms. The number of likely N-dealkylation sites (tertiary alicyclic amines) is 1. The van der Waals surface area contributed by atoms with E-state index in [1.165, 1.54) is 71.7 Å². The number of carbonyl (C=O) groups excluding carboxylic acids is 1. The second-order valence-corrected chi connectivity index (χ2v) is 7.46. The second kappa shape index (κ2) is 9.60. The fourth-order valence-electron chi connectivity index (χ4n) is 3.48. The summed E-state index contributed by atoms with van der Waals surface area (Å²) in [6.07, 6.45) is 2.45. The Hall–Kier alpha value is -0.650. The molecule has 2 aliphatic heterocycles. The van der Waals surface area contributed by atoms with Crippen LogP contribution in [0.4, 0.5) is 0 Å². The Morgan fingerprint density at radius 2 is 1.48 bits per heavy atom. The van der Waals surface area contributed by atoms with Crippen LogP contribution in [-0.2, 0) is 4.79 Å². The van der Waals surface area contributed by atoms with Gasteiger partial charge in [-0.3, -0.25) is 9.69 Å². The summed E-state index contributed by atoms with van der Waals surface area (Å²) in [5.41, 5.74) is 0. The van der Waals surface area contributed by atoms with Gasteiger partial charge in [-0.1, -0.05) is 20.8 Å². The van der Waals surface area contributed by atoms with Crippen molar-refractivity contribution in [1.29, 1.82) is 0 Å². The lowest BCUT2D eigenvalue weighted by molar-refractivity contribution is -0.124. The van der Waals surface area contributed by atoms with E-state index in [2.05, 4.69) is 26.9 Å². The van der Waals surface area contributed by atoms with Gasteiger partial charge in [-0.25, -0.2) is 0 Å². The van der Waals surface area contributed by atoms with E-state index in [0.29, 0.717) is 5.92 Å². The van der Waals surface area contributed by atoms with Crippen molar-refractivity contribution in [3.63, 3.8) is 0 Å². The maximum atomic E-state index is 11.6. The number of piperidine rings is 1. The number of nitrogens with zero attached hydrogens (tertiary/aromatic N) is 3. The predicted octanol–water partition coefficient (Wildman–Crippen LogP) is 1.11. The number of hydrogen-bond donors (Lipinski definition) is 1. The van der Waals surface area contributed by atoms with Crippen LogP contribution in [0.15, 0.2) is 0 Å². The first-order valence-electron chi connectivity index (χ1n) is 9.53. The van der Waals surface area contributed by atoms with E-state index in [0.717, 1.165) is 6.54 Å². The van der Waals surface area contributed by atoms with Crippen LogP contribution in [0.3, 0.4) is 0 Å². The van der Waals surface area contributed by atoms with E-state index in [4.69, 9.17) is 0 Å². The summed E-state index contributed by atoms with van der Waals surface area (Å²) in [6.45, 7) is 17.9. The molecule has 23 heavy (non-hydrogen) atoms. The summed E-state index contributed by atoms with van der Waals surface area (Å²) in [5.74, 6) is 0.962. The third kappa shape index (κ3) is 6.40. The summed E-state index contributed by atoms with van der Waals surface area (Å²) >= 11 is 0. The number of amides is 1. The van der Waals surface area contributed by atoms with Crippen LogP contribution in [0.1, 0.15) is 33.6 Å². The highest BCUT2D eigenvalue weighted by Crippen LogP contribution is 2.16. The van der Waals surface area contributed by atoms with E-state index in [9.17, 15) is 4.79 Å². The smallest absolute Gasteiger partial charge is 0.222 e. The molecular weight excluding hydrogens is 288 g/mol. The average molecular weight is 325 g/mol. The van der Waals surface area contributed by atoms with Gasteiger partial charge < -0.3 is 15.1 Å². The van der Waals surface area contributed by atoms with Crippen LogP contribution in [-0.4, -0.2) is 86.1 Å². The summed E-state index contributed by atoms with van der Waals surface area (Å²) in [4.78, 5) is 19.4. The standard InChI is InChI=1S/C18H36N4O/c1-4-20-9-11-22(12-10-20)14-13-21-7-5-17(6-8-21)15-19-18(23)16(2)3/h16-17H,4-15H2,1-3H3,(H,19,23). The number of piperazine rings is 1. The Morgan fingerprint density at radius 1 is 0.957 bits per heavy atom. The molecule has 2 heterocycles. The van der Waals surface area contributed by atoms with Crippen molar-refractivity contribution >= 4 is 5.91 Å². The van der Waals surface area contributed by atoms with Crippen molar-refractivity contribution in [2.24, 2.45) is 11.8 Å². The maximum Gasteiger partial charge on any atom is 0.222 e. The molecule has 0 radical (unpaired) electrons. The minimum Gasteiger partial charge on any atom is -0.356 e. The van der Waals surface area contributed by atoms with Crippen LogP contribution in [0.5, 0.6) is 0 Å². The summed E-state index contributed by atoms with van der Waals surface area (Å²) in [7, 11) is 0. The topological polar surface area (TPSA) is 38.8 Å². The zero-order chi connectivity index (χ0) is 16.7. The molecule has 2 aliphatic rings. The molecule has 0 bridgehead atoms. The number of rotatable bonds is 7. The van der Waals surface area contributed by atoms with Gasteiger partial charge in [0.15, 0.2) is 0 Å². The molecule has 5 heteroatoms. The van der Waals surface area contributed by atoms with Crippen LogP contribution < -0.4 is 5.32 Å². The summed E-state index contributed by atoms with van der Waals surface area (Å²) < 4.78 is 0. The lowest BCUT2D eigenvalue weighted by atomic mass is 9.96. The van der Waals surface area contributed by atoms with E-state index in [1.807, 2.05) is 13.8 Å². The highest BCUT2D eigenvalue weighted by atomic mass is 16.1. The first-order chi connectivity index (χ1) is 11.1. The molecule has 2 saturated heterocycles. The molecule has 0 unspecified atom stereocenters. The van der Waals surface area contributed by atoms with Gasteiger partial charge in [0.2, 0.25) is 5.91 Å². The molecule has 0 aliphatic carbocycles. The largest absolute Gasteiger partial charge is 0.356 e. The Balaban J connectivity index is 1.55. The highest BCUT2D eigenvalue weighted by molar-refractivity contribution is 5.77. The molecule has 1 N–H and O–H groups in total. The molecule has 1 amide bonds. The van der Waals surface area contributed by atoms with E-state index in [-0.39, 0.29) is 11.8 Å². The molecule has 2 rings (SSSR count). The van der Waals surface area contributed by atoms with Crippen molar-refractivity contribution in [1.82, 2.24) is 20.0 Å². The van der Waals surface area contributed by atoms with E-state index < -0.39 is 0 Å². The fourth-order valence-corrected chi connectivity index (χ4v) is 3.48. The van der Waals surface area contributed by atoms with Crippen LogP contribution in [0.2, 0.25) is 0 Å². The summed E-state index contributed by atoms with van der Waals surface area (Å²) in [5, 5.41) is 3.09. The van der Waals surface area contributed by atoms with E-state index >= 15 is 0 Å². The van der Waals surface area contributed by atoms with Gasteiger partial charge >= 0.3 is 0 Å². The minimum atomic E-state index is 0.100. The molecular formula is C18H36N4O. The second-order valence-electron chi connectivity index (χ2n) is 7.46. The van der Waals surface area contributed by atoms with Crippen molar-refractivity contribution < 1.29 is 4.79 Å². The third-order valence-corrected chi connectivity index (χ3v) is 5.44. The van der Waals surface area contributed by atoms with Crippen molar-refractivity contribution in [2.75, 3.05) is 65.4 Å². The van der Waals surface area contributed by atoms with Gasteiger partial charge in [0, 0.05) is 51.7 Å². The lowest BCUT2D eigenvalue weighted by Gasteiger charge is -2.37. The minimum absolute atomic E-state index is 0.100. The zero-order valence-corrected chi connectivity index (χ0v) is 15.4. The number of nitrogens with one attached hydrogen (secondary N) is 1. The van der Waals surface area contributed by atoms with Gasteiger partial charge in [0.05, 0.1) is 0 Å². The van der Waals surface area contributed by atoms with Gasteiger partial charge in [0.25, 0.3) is 0 Å². The van der Waals surface area contributed by atoms with Crippen LogP contribution in [0.25, 0.3) is 0 Å². The van der Waals surface area contributed by atoms with Crippen molar-refractivity contribution in [3.8, 4) is 0 Å². The van der Waals surface area contributed by atoms with E-state index in [1.54, 1.807) is 0 Å². The van der Waals surface area contributed by atoms with Crippen LogP contribution in [0, 0.1) is 11.8 Å². The maximum absolute atomic E-state index is 11.6. The average Bonchev–Trinajstić information content (AvgIpc) is 2.59.